The highest BCUT2D eigenvalue weighted by Gasteiger charge is 2.17. The molecule has 2 heterocycles. The topological polar surface area (TPSA) is 64.0 Å². The van der Waals surface area contributed by atoms with E-state index in [1.165, 1.54) is 20.3 Å². The third-order valence-corrected chi connectivity index (χ3v) is 5.87. The second-order valence-corrected chi connectivity index (χ2v) is 8.45. The highest BCUT2D eigenvalue weighted by molar-refractivity contribution is 7.17. The van der Waals surface area contributed by atoms with Crippen molar-refractivity contribution in [2.45, 2.75) is 26.8 Å². The number of rotatable bonds is 6. The average molecular weight is 406 g/mol. The molecule has 4 rings (SSSR count). The number of nitrogens with one attached hydrogen (secondary N) is 1. The van der Waals surface area contributed by atoms with Gasteiger partial charge in [0.15, 0.2) is 5.69 Å². The standard InChI is InChI=1S/C23H23N3O2S/c1-15(2)13-26-23(28)19-9-4-3-8-18(19)21(25-26)22(27)24-12-11-16-14-29-20-10-6-5-7-17(16)20/h3-10,14-15H,11-13H2,1-2H3,(H,24,27). The Balaban J connectivity index is 1.58. The molecule has 2 aromatic heterocycles. The van der Waals surface area contributed by atoms with E-state index < -0.39 is 0 Å². The highest BCUT2D eigenvalue weighted by Crippen LogP contribution is 2.25. The van der Waals surface area contributed by atoms with Gasteiger partial charge in [-0.1, -0.05) is 50.2 Å². The Morgan fingerprint density at radius 1 is 1.07 bits per heavy atom. The molecule has 0 radical (unpaired) electrons. The molecule has 6 heteroatoms. The van der Waals surface area contributed by atoms with Gasteiger partial charge < -0.3 is 5.32 Å². The van der Waals surface area contributed by atoms with Crippen LogP contribution in [-0.2, 0) is 13.0 Å². The second kappa shape index (κ2) is 8.17. The van der Waals surface area contributed by atoms with Gasteiger partial charge in [0.2, 0.25) is 0 Å². The number of fused-ring (bicyclic) bond motifs is 2. The smallest absolute Gasteiger partial charge is 0.274 e. The van der Waals surface area contributed by atoms with E-state index in [1.54, 1.807) is 23.5 Å². The van der Waals surface area contributed by atoms with Crippen molar-refractivity contribution < 1.29 is 4.79 Å². The zero-order valence-corrected chi connectivity index (χ0v) is 17.3. The van der Waals surface area contributed by atoms with E-state index in [4.69, 9.17) is 0 Å². The van der Waals surface area contributed by atoms with E-state index in [1.807, 2.05) is 38.1 Å². The summed E-state index contributed by atoms with van der Waals surface area (Å²) >= 11 is 1.72. The van der Waals surface area contributed by atoms with Crippen LogP contribution in [0.2, 0.25) is 0 Å². The van der Waals surface area contributed by atoms with Crippen LogP contribution in [0.1, 0.15) is 29.9 Å². The maximum Gasteiger partial charge on any atom is 0.274 e. The lowest BCUT2D eigenvalue weighted by Gasteiger charge is -2.12. The number of aromatic nitrogens is 2. The molecule has 0 spiro atoms. The van der Waals surface area contributed by atoms with Gasteiger partial charge in [0, 0.05) is 23.2 Å². The minimum atomic E-state index is -0.252. The van der Waals surface area contributed by atoms with Gasteiger partial charge in [0.05, 0.1) is 5.39 Å². The summed E-state index contributed by atoms with van der Waals surface area (Å²) in [6.07, 6.45) is 0.749. The first-order valence-electron chi connectivity index (χ1n) is 9.77. The molecule has 1 amide bonds. The Kier molecular flexibility index (Phi) is 5.45. The largest absolute Gasteiger partial charge is 0.350 e. The minimum absolute atomic E-state index is 0.157. The van der Waals surface area contributed by atoms with E-state index >= 15 is 0 Å². The van der Waals surface area contributed by atoms with Gasteiger partial charge in [-0.2, -0.15) is 5.10 Å². The fourth-order valence-electron chi connectivity index (χ4n) is 3.49. The molecule has 0 unspecified atom stereocenters. The Labute approximate surface area is 173 Å². The molecule has 0 atom stereocenters. The molecular formula is C23H23N3O2S. The van der Waals surface area contributed by atoms with Crippen molar-refractivity contribution in [3.8, 4) is 0 Å². The van der Waals surface area contributed by atoms with Crippen molar-refractivity contribution in [1.29, 1.82) is 0 Å². The normalized spacial score (nSPS) is 11.4. The van der Waals surface area contributed by atoms with Gasteiger partial charge in [-0.05, 0) is 40.8 Å². The summed E-state index contributed by atoms with van der Waals surface area (Å²) in [5, 5.41) is 11.9. The van der Waals surface area contributed by atoms with Gasteiger partial charge in [-0.25, -0.2) is 4.68 Å². The molecule has 0 saturated heterocycles. The number of nitrogens with zero attached hydrogens (tertiary/aromatic N) is 2. The molecule has 1 N–H and O–H groups in total. The summed E-state index contributed by atoms with van der Waals surface area (Å²) in [7, 11) is 0. The van der Waals surface area contributed by atoms with E-state index in [2.05, 4.69) is 27.9 Å². The van der Waals surface area contributed by atoms with Crippen LogP contribution in [0.15, 0.2) is 58.7 Å². The number of benzene rings is 2. The number of carbonyl (C=O) groups excluding carboxylic acids is 1. The van der Waals surface area contributed by atoms with Gasteiger partial charge >= 0.3 is 0 Å². The number of thiophene rings is 1. The third kappa shape index (κ3) is 3.93. The summed E-state index contributed by atoms with van der Waals surface area (Å²) in [5.41, 5.74) is 1.38. The Hall–Kier alpha value is -2.99. The second-order valence-electron chi connectivity index (χ2n) is 7.54. The zero-order chi connectivity index (χ0) is 20.4. The minimum Gasteiger partial charge on any atom is -0.350 e. The first-order valence-corrected chi connectivity index (χ1v) is 10.7. The number of hydrogen-bond donors (Lipinski definition) is 1. The van der Waals surface area contributed by atoms with Crippen molar-refractivity contribution in [3.05, 3.63) is 75.5 Å². The lowest BCUT2D eigenvalue weighted by Crippen LogP contribution is -2.32. The van der Waals surface area contributed by atoms with E-state index in [0.29, 0.717) is 29.6 Å². The van der Waals surface area contributed by atoms with Crippen molar-refractivity contribution in [3.63, 3.8) is 0 Å². The van der Waals surface area contributed by atoms with Gasteiger partial charge in [0.25, 0.3) is 11.5 Å². The maximum atomic E-state index is 12.9. The number of amides is 1. The molecule has 0 bridgehead atoms. The van der Waals surface area contributed by atoms with E-state index in [0.717, 1.165) is 6.42 Å². The molecule has 0 aliphatic carbocycles. The maximum absolute atomic E-state index is 12.9. The fourth-order valence-corrected chi connectivity index (χ4v) is 4.49. The molecule has 148 valence electrons. The Morgan fingerprint density at radius 2 is 1.76 bits per heavy atom. The highest BCUT2D eigenvalue weighted by atomic mass is 32.1. The molecule has 29 heavy (non-hydrogen) atoms. The number of carbonyl (C=O) groups is 1. The molecule has 0 fully saturated rings. The lowest BCUT2D eigenvalue weighted by atomic mass is 10.1. The van der Waals surface area contributed by atoms with Gasteiger partial charge in [-0.3, -0.25) is 9.59 Å². The first kappa shape index (κ1) is 19.3. The number of hydrogen-bond acceptors (Lipinski definition) is 4. The van der Waals surface area contributed by atoms with Crippen LogP contribution in [0, 0.1) is 5.92 Å². The fraction of sp³-hybridized carbons (Fsp3) is 0.261. The predicted octanol–water partition coefficient (Wildman–Crippen LogP) is 4.24. The van der Waals surface area contributed by atoms with Crippen molar-refractivity contribution in [2.24, 2.45) is 5.92 Å². The lowest BCUT2D eigenvalue weighted by molar-refractivity contribution is 0.0948. The van der Waals surface area contributed by atoms with Crippen LogP contribution in [0.5, 0.6) is 0 Å². The van der Waals surface area contributed by atoms with Crippen LogP contribution in [0.25, 0.3) is 20.9 Å². The quantitative estimate of drug-likeness (QED) is 0.522. The molecule has 2 aromatic carbocycles. The van der Waals surface area contributed by atoms with E-state index in [-0.39, 0.29) is 17.4 Å². The predicted molar refractivity (Wildman–Crippen MR) is 119 cm³/mol. The summed E-state index contributed by atoms with van der Waals surface area (Å²) in [6.45, 7) is 5.03. The molecule has 0 aliphatic rings. The molecule has 4 aromatic rings. The summed E-state index contributed by atoms with van der Waals surface area (Å²) in [4.78, 5) is 25.6. The molecule has 5 nitrogen and oxygen atoms in total. The van der Waals surface area contributed by atoms with Crippen molar-refractivity contribution >= 4 is 38.1 Å². The summed E-state index contributed by atoms with van der Waals surface area (Å²) in [6, 6.07) is 15.5. The van der Waals surface area contributed by atoms with Crippen LogP contribution in [-0.4, -0.2) is 22.2 Å². The van der Waals surface area contributed by atoms with Crippen molar-refractivity contribution in [2.75, 3.05) is 6.54 Å². The third-order valence-electron chi connectivity index (χ3n) is 4.86. The van der Waals surface area contributed by atoms with Gasteiger partial charge in [-0.15, -0.1) is 11.3 Å². The Morgan fingerprint density at radius 3 is 2.52 bits per heavy atom. The van der Waals surface area contributed by atoms with Crippen LogP contribution in [0.3, 0.4) is 0 Å². The molecular weight excluding hydrogens is 382 g/mol. The summed E-state index contributed by atoms with van der Waals surface area (Å²) in [5.74, 6) is 0.00221. The first-order chi connectivity index (χ1) is 14.0. The molecule has 0 aliphatic heterocycles. The van der Waals surface area contributed by atoms with Gasteiger partial charge in [0.1, 0.15) is 0 Å². The van der Waals surface area contributed by atoms with Crippen LogP contribution in [0.4, 0.5) is 0 Å². The monoisotopic (exact) mass is 405 g/mol. The van der Waals surface area contributed by atoms with Crippen LogP contribution < -0.4 is 10.9 Å². The molecule has 0 saturated carbocycles. The Bertz CT molecular complexity index is 1240. The van der Waals surface area contributed by atoms with Crippen molar-refractivity contribution in [1.82, 2.24) is 15.1 Å². The van der Waals surface area contributed by atoms with E-state index in [9.17, 15) is 9.59 Å². The zero-order valence-electron chi connectivity index (χ0n) is 16.5. The average Bonchev–Trinajstić information content (AvgIpc) is 3.13. The summed E-state index contributed by atoms with van der Waals surface area (Å²) < 4.78 is 2.66. The SMILES string of the molecule is CC(C)Cn1nc(C(=O)NCCc2csc3ccccc23)c2ccccc2c1=O. The van der Waals surface area contributed by atoms with Crippen LogP contribution >= 0.6 is 11.3 Å².